The topological polar surface area (TPSA) is 148 Å². The first kappa shape index (κ1) is 19.4. The van der Waals surface area contributed by atoms with E-state index in [1.54, 1.807) is 19.2 Å². The van der Waals surface area contributed by atoms with Crippen molar-refractivity contribution in [2.24, 2.45) is 5.73 Å². The molecule has 1 aliphatic heterocycles. The summed E-state index contributed by atoms with van der Waals surface area (Å²) in [4.78, 5) is 59.2. The minimum absolute atomic E-state index is 0.148. The van der Waals surface area contributed by atoms with Crippen LogP contribution in [0.5, 0.6) is 0 Å². The van der Waals surface area contributed by atoms with E-state index in [9.17, 15) is 24.0 Å². The van der Waals surface area contributed by atoms with Gasteiger partial charge in [-0.3, -0.25) is 24.1 Å². The number of hydrogen-bond acceptors (Lipinski definition) is 7. The molecule has 0 atom stereocenters. The van der Waals surface area contributed by atoms with E-state index in [0.717, 1.165) is 16.2 Å². The average molecular weight is 382 g/mol. The van der Waals surface area contributed by atoms with Gasteiger partial charge < -0.3 is 21.1 Å². The number of hydrogen-bond donors (Lipinski definition) is 3. The van der Waals surface area contributed by atoms with Gasteiger partial charge in [0.1, 0.15) is 10.5 Å². The average Bonchev–Trinajstić information content (AvgIpc) is 3.07. The first-order chi connectivity index (χ1) is 12.1. The van der Waals surface area contributed by atoms with Gasteiger partial charge in [-0.2, -0.15) is 0 Å². The molecule has 5 amide bonds. The van der Waals surface area contributed by atoms with Crippen LogP contribution in [0.3, 0.4) is 0 Å². The summed E-state index contributed by atoms with van der Waals surface area (Å²) in [6.07, 6.45) is -0.242. The van der Waals surface area contributed by atoms with Gasteiger partial charge in [-0.15, -0.1) is 11.3 Å². The fourth-order valence-corrected chi connectivity index (χ4v) is 3.01. The maximum absolute atomic E-state index is 12.0. The van der Waals surface area contributed by atoms with Crippen LogP contribution in [-0.4, -0.2) is 53.3 Å². The molecule has 1 aliphatic rings. The summed E-state index contributed by atoms with van der Waals surface area (Å²) in [5, 5.41) is 6.76. The summed E-state index contributed by atoms with van der Waals surface area (Å²) in [6, 6.07) is 0.885. The third-order valence-electron chi connectivity index (χ3n) is 3.53. The van der Waals surface area contributed by atoms with E-state index < -0.39 is 41.9 Å². The maximum atomic E-state index is 12.0. The Morgan fingerprint density at radius 2 is 2.04 bits per heavy atom. The van der Waals surface area contributed by atoms with Crippen LogP contribution >= 0.6 is 11.3 Å². The number of rotatable bonds is 7. The molecule has 1 fully saturated rings. The number of primary amides is 1. The number of imide groups is 1. The Morgan fingerprint density at radius 1 is 1.35 bits per heavy atom. The molecular formula is C15H18N4O6S. The van der Waals surface area contributed by atoms with Crippen molar-refractivity contribution in [3.8, 4) is 0 Å². The van der Waals surface area contributed by atoms with Crippen LogP contribution in [0, 0.1) is 0 Å². The Hall–Kier alpha value is -2.95. The molecule has 11 heteroatoms. The van der Waals surface area contributed by atoms with Gasteiger partial charge in [-0.25, -0.2) is 4.79 Å². The number of urea groups is 1. The number of carbonyl (C=O) groups excluding carboxylic acids is 5. The van der Waals surface area contributed by atoms with Gasteiger partial charge in [0, 0.05) is 6.54 Å². The number of nitrogens with two attached hydrogens (primary N) is 1. The molecule has 2 heterocycles. The molecule has 0 aromatic carbocycles. The van der Waals surface area contributed by atoms with Crippen molar-refractivity contribution in [2.45, 2.75) is 25.8 Å². The van der Waals surface area contributed by atoms with Crippen LogP contribution in [0.15, 0.2) is 11.4 Å². The number of anilines is 1. The van der Waals surface area contributed by atoms with E-state index in [1.165, 1.54) is 6.07 Å². The van der Waals surface area contributed by atoms with Crippen LogP contribution in [0.25, 0.3) is 0 Å². The standard InChI is InChI=1S/C15H18N4O6S/c1-15(2)13(23)19(14(24)18-15)5-3-10(21)25-7-9(20)17-12-8(11(16)22)4-6-26-12/h4,6H,3,5,7H2,1-2H3,(H2,16,22)(H,17,20)(H,18,24). The van der Waals surface area contributed by atoms with Gasteiger partial charge in [0.05, 0.1) is 12.0 Å². The number of amides is 5. The zero-order valence-electron chi connectivity index (χ0n) is 14.2. The van der Waals surface area contributed by atoms with Crippen molar-refractivity contribution in [1.82, 2.24) is 10.2 Å². The van der Waals surface area contributed by atoms with Crippen molar-refractivity contribution in [3.63, 3.8) is 0 Å². The van der Waals surface area contributed by atoms with E-state index in [0.29, 0.717) is 0 Å². The molecule has 140 valence electrons. The van der Waals surface area contributed by atoms with Crippen LogP contribution in [0.1, 0.15) is 30.6 Å². The Bertz CT molecular complexity index is 772. The van der Waals surface area contributed by atoms with Crippen LogP contribution in [0.4, 0.5) is 9.80 Å². The van der Waals surface area contributed by atoms with E-state index in [-0.39, 0.29) is 23.5 Å². The molecule has 2 rings (SSSR count). The molecule has 0 spiro atoms. The smallest absolute Gasteiger partial charge is 0.325 e. The minimum atomic E-state index is -1.01. The molecule has 1 aromatic heterocycles. The van der Waals surface area contributed by atoms with Crippen molar-refractivity contribution in [1.29, 1.82) is 0 Å². The summed E-state index contributed by atoms with van der Waals surface area (Å²) in [6.45, 7) is 2.40. The molecule has 0 aliphatic carbocycles. The minimum Gasteiger partial charge on any atom is -0.456 e. The number of carbonyl (C=O) groups is 5. The predicted molar refractivity (Wildman–Crippen MR) is 91.4 cm³/mol. The van der Waals surface area contributed by atoms with Gasteiger partial charge in [0.2, 0.25) is 0 Å². The third kappa shape index (κ3) is 4.36. The number of nitrogens with zero attached hydrogens (tertiary/aromatic N) is 1. The summed E-state index contributed by atoms with van der Waals surface area (Å²) in [5.41, 5.74) is 4.31. The highest BCUT2D eigenvalue weighted by molar-refractivity contribution is 7.14. The fraction of sp³-hybridized carbons (Fsp3) is 0.400. The second-order valence-corrected chi connectivity index (χ2v) is 6.91. The number of ether oxygens (including phenoxy) is 1. The zero-order valence-corrected chi connectivity index (χ0v) is 15.0. The second-order valence-electron chi connectivity index (χ2n) is 6.00. The monoisotopic (exact) mass is 382 g/mol. The lowest BCUT2D eigenvalue weighted by molar-refractivity contribution is -0.147. The summed E-state index contributed by atoms with van der Waals surface area (Å²) in [5.74, 6) is -2.51. The van der Waals surface area contributed by atoms with E-state index in [2.05, 4.69) is 10.6 Å². The lowest BCUT2D eigenvalue weighted by Gasteiger charge is -2.15. The van der Waals surface area contributed by atoms with Gasteiger partial charge in [0.15, 0.2) is 6.61 Å². The first-order valence-electron chi connectivity index (χ1n) is 7.58. The lowest BCUT2D eigenvalue weighted by atomic mass is 10.1. The second kappa shape index (κ2) is 7.52. The molecule has 26 heavy (non-hydrogen) atoms. The number of thiophene rings is 1. The lowest BCUT2D eigenvalue weighted by Crippen LogP contribution is -2.40. The Kier molecular flexibility index (Phi) is 5.60. The molecule has 1 saturated heterocycles. The highest BCUT2D eigenvalue weighted by atomic mass is 32.1. The van der Waals surface area contributed by atoms with E-state index >= 15 is 0 Å². The molecule has 0 radical (unpaired) electrons. The van der Waals surface area contributed by atoms with E-state index in [4.69, 9.17) is 10.5 Å². The highest BCUT2D eigenvalue weighted by Crippen LogP contribution is 2.22. The van der Waals surface area contributed by atoms with Gasteiger partial charge in [-0.05, 0) is 25.3 Å². The zero-order chi connectivity index (χ0) is 19.5. The van der Waals surface area contributed by atoms with Crippen molar-refractivity contribution in [3.05, 3.63) is 17.0 Å². The Labute approximate surface area is 152 Å². The summed E-state index contributed by atoms with van der Waals surface area (Å²) >= 11 is 1.11. The first-order valence-corrected chi connectivity index (χ1v) is 8.46. The predicted octanol–water partition coefficient (Wildman–Crippen LogP) is 0.0492. The molecule has 1 aromatic rings. The van der Waals surface area contributed by atoms with Crippen LogP contribution in [-0.2, 0) is 19.1 Å². The van der Waals surface area contributed by atoms with Crippen molar-refractivity contribution >= 4 is 46.1 Å². The SMILES string of the molecule is CC1(C)NC(=O)N(CCC(=O)OCC(=O)Nc2sccc2C(N)=O)C1=O. The fourth-order valence-electron chi connectivity index (χ4n) is 2.21. The normalized spacial score (nSPS) is 15.5. The van der Waals surface area contributed by atoms with Gasteiger partial charge in [0.25, 0.3) is 17.7 Å². The van der Waals surface area contributed by atoms with Crippen molar-refractivity contribution < 1.29 is 28.7 Å². The Balaban J connectivity index is 1.77. The maximum Gasteiger partial charge on any atom is 0.325 e. The molecule has 0 unspecified atom stereocenters. The van der Waals surface area contributed by atoms with Gasteiger partial charge in [-0.1, -0.05) is 0 Å². The number of nitrogens with one attached hydrogen (secondary N) is 2. The summed E-state index contributed by atoms with van der Waals surface area (Å²) in [7, 11) is 0. The molecule has 4 N–H and O–H groups in total. The van der Waals surface area contributed by atoms with E-state index in [1.807, 2.05) is 0 Å². The number of esters is 1. The molecular weight excluding hydrogens is 364 g/mol. The molecule has 10 nitrogen and oxygen atoms in total. The Morgan fingerprint density at radius 3 is 2.62 bits per heavy atom. The van der Waals surface area contributed by atoms with Crippen molar-refractivity contribution in [2.75, 3.05) is 18.5 Å². The molecule has 0 bridgehead atoms. The van der Waals surface area contributed by atoms with Gasteiger partial charge >= 0.3 is 12.0 Å². The molecule has 0 saturated carbocycles. The highest BCUT2D eigenvalue weighted by Gasteiger charge is 2.44. The quantitative estimate of drug-likeness (QED) is 0.448. The largest absolute Gasteiger partial charge is 0.456 e. The van der Waals surface area contributed by atoms with Crippen LogP contribution in [0.2, 0.25) is 0 Å². The van der Waals surface area contributed by atoms with Crippen LogP contribution < -0.4 is 16.4 Å². The third-order valence-corrected chi connectivity index (χ3v) is 4.36. The summed E-state index contributed by atoms with van der Waals surface area (Å²) < 4.78 is 4.80.